The number of nitrogens with zero attached hydrogens (tertiary/aromatic N) is 3. The van der Waals surface area contributed by atoms with Gasteiger partial charge in [-0.2, -0.15) is 0 Å². The van der Waals surface area contributed by atoms with Gasteiger partial charge in [-0.25, -0.2) is 18.4 Å². The number of nitrogens with one attached hydrogen (secondary N) is 2. The molecule has 2 aromatic rings. The summed E-state index contributed by atoms with van der Waals surface area (Å²) < 4.78 is 27.2. The Kier molecular flexibility index (Phi) is 3.61. The molecule has 110 valence electrons. The Labute approximate surface area is 119 Å². The maximum absolute atomic E-state index is 13.0. The van der Waals surface area contributed by atoms with Gasteiger partial charge in [0.2, 0.25) is 5.91 Å². The van der Waals surface area contributed by atoms with Crippen LogP contribution in [-0.2, 0) is 4.79 Å². The largest absolute Gasteiger partial charge is 0.308 e. The second-order valence-electron chi connectivity index (χ2n) is 4.76. The number of alkyl halides is 1. The van der Waals surface area contributed by atoms with Gasteiger partial charge in [-0.1, -0.05) is 0 Å². The smallest absolute Gasteiger partial charge is 0.242 e. The summed E-state index contributed by atoms with van der Waals surface area (Å²) in [4.78, 5) is 15.8. The number of halogens is 2. The molecule has 3 rings (SSSR count). The number of aromatic nitrogens is 3. The van der Waals surface area contributed by atoms with Crippen molar-refractivity contribution in [2.45, 2.75) is 18.6 Å². The molecule has 2 atom stereocenters. The lowest BCUT2D eigenvalue weighted by Crippen LogP contribution is -2.35. The third-order valence-corrected chi connectivity index (χ3v) is 3.18. The fourth-order valence-electron chi connectivity index (χ4n) is 2.13. The zero-order chi connectivity index (χ0) is 14.8. The molecule has 0 bridgehead atoms. The first-order valence-electron chi connectivity index (χ1n) is 6.48. The predicted octanol–water partition coefficient (Wildman–Crippen LogP) is 1.04. The van der Waals surface area contributed by atoms with E-state index >= 15 is 0 Å². The molecule has 6 nitrogen and oxygen atoms in total. The summed E-state index contributed by atoms with van der Waals surface area (Å²) in [6.45, 7) is 0.187. The highest BCUT2D eigenvalue weighted by Gasteiger charge is 2.29. The zero-order valence-corrected chi connectivity index (χ0v) is 11.0. The fourth-order valence-corrected chi connectivity index (χ4v) is 2.13. The highest BCUT2D eigenvalue weighted by Crippen LogP contribution is 2.13. The molecule has 2 N–H and O–H groups in total. The van der Waals surface area contributed by atoms with Gasteiger partial charge < -0.3 is 10.6 Å². The number of hydrogen-bond acceptors (Lipinski definition) is 4. The molecule has 0 spiro atoms. The van der Waals surface area contributed by atoms with Gasteiger partial charge >= 0.3 is 0 Å². The zero-order valence-electron chi connectivity index (χ0n) is 11.0. The molecule has 0 saturated carbocycles. The Hall–Kier alpha value is -2.35. The normalized spacial score (nSPS) is 21.4. The van der Waals surface area contributed by atoms with Gasteiger partial charge in [0.05, 0.1) is 12.2 Å². The lowest BCUT2D eigenvalue weighted by atomic mass is 10.2. The van der Waals surface area contributed by atoms with Crippen LogP contribution in [0.4, 0.5) is 14.6 Å². The molecule has 3 heterocycles. The molecule has 1 amide bonds. The van der Waals surface area contributed by atoms with E-state index in [9.17, 15) is 13.6 Å². The SMILES string of the molecule is O=C(Nc1ccn(-c2ccc(F)cn2)n1)[C@@H]1C[C@@H](F)CN1. The number of hydrogen-bond donors (Lipinski definition) is 2. The molecule has 0 radical (unpaired) electrons. The Balaban J connectivity index is 1.67. The van der Waals surface area contributed by atoms with Crippen LogP contribution in [0.25, 0.3) is 5.82 Å². The minimum absolute atomic E-state index is 0.159. The van der Waals surface area contributed by atoms with E-state index in [0.29, 0.717) is 11.6 Å². The number of pyridine rings is 1. The van der Waals surface area contributed by atoms with Crippen LogP contribution in [-0.4, -0.2) is 39.4 Å². The van der Waals surface area contributed by atoms with Crippen LogP contribution in [0.2, 0.25) is 0 Å². The maximum Gasteiger partial charge on any atom is 0.242 e. The molecular weight excluding hydrogens is 280 g/mol. The first-order valence-corrected chi connectivity index (χ1v) is 6.48. The number of carbonyl (C=O) groups is 1. The van der Waals surface area contributed by atoms with Gasteiger partial charge in [-0.3, -0.25) is 4.79 Å². The number of rotatable bonds is 3. The van der Waals surface area contributed by atoms with E-state index in [2.05, 4.69) is 20.7 Å². The van der Waals surface area contributed by atoms with Gasteiger partial charge in [-0.15, -0.1) is 5.10 Å². The third-order valence-electron chi connectivity index (χ3n) is 3.18. The Morgan fingerprint density at radius 1 is 1.43 bits per heavy atom. The molecule has 1 saturated heterocycles. The second-order valence-corrected chi connectivity index (χ2v) is 4.76. The van der Waals surface area contributed by atoms with E-state index < -0.39 is 18.0 Å². The van der Waals surface area contributed by atoms with Crippen LogP contribution in [0.15, 0.2) is 30.6 Å². The van der Waals surface area contributed by atoms with Crippen LogP contribution in [0.3, 0.4) is 0 Å². The number of amides is 1. The fraction of sp³-hybridized carbons (Fsp3) is 0.308. The van der Waals surface area contributed by atoms with Crippen molar-refractivity contribution in [2.24, 2.45) is 0 Å². The average molecular weight is 293 g/mol. The van der Waals surface area contributed by atoms with E-state index in [1.165, 1.54) is 16.8 Å². The minimum Gasteiger partial charge on any atom is -0.308 e. The molecule has 21 heavy (non-hydrogen) atoms. The van der Waals surface area contributed by atoms with Crippen molar-refractivity contribution >= 4 is 11.7 Å². The van der Waals surface area contributed by atoms with Crippen molar-refractivity contribution in [3.63, 3.8) is 0 Å². The van der Waals surface area contributed by atoms with E-state index in [0.717, 1.165) is 6.20 Å². The summed E-state index contributed by atoms with van der Waals surface area (Å²) in [6.07, 6.45) is 1.84. The van der Waals surface area contributed by atoms with Gasteiger partial charge in [0.1, 0.15) is 12.0 Å². The second kappa shape index (κ2) is 5.57. The molecular formula is C13H13F2N5O. The van der Waals surface area contributed by atoms with E-state index in [4.69, 9.17) is 0 Å². The lowest BCUT2D eigenvalue weighted by Gasteiger charge is -2.08. The van der Waals surface area contributed by atoms with Crippen molar-refractivity contribution in [1.29, 1.82) is 0 Å². The molecule has 1 fully saturated rings. The summed E-state index contributed by atoms with van der Waals surface area (Å²) in [5.41, 5.74) is 0. The van der Waals surface area contributed by atoms with Gasteiger partial charge in [0, 0.05) is 25.2 Å². The number of carbonyl (C=O) groups excluding carboxylic acids is 1. The van der Waals surface area contributed by atoms with Gasteiger partial charge in [0.25, 0.3) is 0 Å². The van der Waals surface area contributed by atoms with Crippen LogP contribution < -0.4 is 10.6 Å². The Morgan fingerprint density at radius 3 is 2.95 bits per heavy atom. The topological polar surface area (TPSA) is 71.8 Å². The van der Waals surface area contributed by atoms with Crippen molar-refractivity contribution in [1.82, 2.24) is 20.1 Å². The maximum atomic E-state index is 13.0. The van der Waals surface area contributed by atoms with Crippen molar-refractivity contribution in [3.05, 3.63) is 36.4 Å². The van der Waals surface area contributed by atoms with Crippen LogP contribution in [0.1, 0.15) is 6.42 Å². The van der Waals surface area contributed by atoms with E-state index in [1.807, 2.05) is 0 Å². The summed E-state index contributed by atoms with van der Waals surface area (Å²) in [6, 6.07) is 3.78. The van der Waals surface area contributed by atoms with Gasteiger partial charge in [0.15, 0.2) is 11.6 Å². The molecule has 0 aromatic carbocycles. The van der Waals surface area contributed by atoms with E-state index in [1.54, 1.807) is 12.3 Å². The highest BCUT2D eigenvalue weighted by molar-refractivity contribution is 5.94. The summed E-state index contributed by atoms with van der Waals surface area (Å²) >= 11 is 0. The highest BCUT2D eigenvalue weighted by atomic mass is 19.1. The molecule has 1 aliphatic rings. The van der Waals surface area contributed by atoms with Crippen LogP contribution in [0.5, 0.6) is 0 Å². The Morgan fingerprint density at radius 2 is 2.29 bits per heavy atom. The van der Waals surface area contributed by atoms with Crippen LogP contribution >= 0.6 is 0 Å². The van der Waals surface area contributed by atoms with Crippen molar-refractivity contribution < 1.29 is 13.6 Å². The molecule has 1 aliphatic heterocycles. The minimum atomic E-state index is -0.998. The van der Waals surface area contributed by atoms with Gasteiger partial charge in [-0.05, 0) is 12.1 Å². The first kappa shape index (κ1) is 13.6. The Bertz CT molecular complexity index is 642. The van der Waals surface area contributed by atoms with Crippen LogP contribution in [0, 0.1) is 5.82 Å². The van der Waals surface area contributed by atoms with E-state index in [-0.39, 0.29) is 18.9 Å². The van der Waals surface area contributed by atoms with Crippen molar-refractivity contribution in [3.8, 4) is 5.82 Å². The average Bonchev–Trinajstić information content (AvgIpc) is 3.09. The quantitative estimate of drug-likeness (QED) is 0.887. The standard InChI is InChI=1S/C13H13F2N5O/c14-8-1-2-12(17-6-8)20-4-3-11(19-20)18-13(21)10-5-9(15)7-16-10/h1-4,6,9-10,16H,5,7H2,(H,18,19,21)/t9-,10+/m1/s1. The molecule has 2 aromatic heterocycles. The summed E-state index contributed by atoms with van der Waals surface area (Å²) in [5, 5.41) is 9.52. The van der Waals surface area contributed by atoms with Crippen molar-refractivity contribution in [2.75, 3.05) is 11.9 Å². The molecule has 0 aliphatic carbocycles. The lowest BCUT2D eigenvalue weighted by molar-refractivity contribution is -0.117. The predicted molar refractivity (Wildman–Crippen MR) is 71.3 cm³/mol. The number of anilines is 1. The monoisotopic (exact) mass is 293 g/mol. The molecule has 8 heteroatoms. The summed E-state index contributed by atoms with van der Waals surface area (Å²) in [5.74, 6) is -0.00470. The molecule has 0 unspecified atom stereocenters. The summed E-state index contributed by atoms with van der Waals surface area (Å²) in [7, 11) is 0. The first-order chi connectivity index (χ1) is 10.1. The third kappa shape index (κ3) is 3.05.